The molecule has 130 valence electrons. The Bertz CT molecular complexity index is 733. The average Bonchev–Trinajstić information content (AvgIpc) is 2.96. The molecule has 1 heterocycles. The van der Waals surface area contributed by atoms with E-state index in [2.05, 4.69) is 0 Å². The minimum Gasteiger partial charge on any atom is -0.444 e. The van der Waals surface area contributed by atoms with Crippen molar-refractivity contribution in [1.82, 2.24) is 9.80 Å². The van der Waals surface area contributed by atoms with Crippen molar-refractivity contribution < 1.29 is 14.3 Å². The highest BCUT2D eigenvalue weighted by Crippen LogP contribution is 2.27. The van der Waals surface area contributed by atoms with Crippen molar-refractivity contribution in [2.24, 2.45) is 0 Å². The molecule has 0 saturated carbocycles. The minimum atomic E-state index is -0.519. The Labute approximate surface area is 147 Å². The van der Waals surface area contributed by atoms with Crippen molar-refractivity contribution in [2.45, 2.75) is 32.5 Å². The summed E-state index contributed by atoms with van der Waals surface area (Å²) in [6.07, 6.45) is -0.465. The fourth-order valence-corrected chi connectivity index (χ4v) is 2.97. The van der Waals surface area contributed by atoms with E-state index in [1.54, 1.807) is 11.8 Å². The second kappa shape index (κ2) is 7.38. The van der Waals surface area contributed by atoms with Gasteiger partial charge in [-0.3, -0.25) is 9.69 Å². The van der Waals surface area contributed by atoms with Gasteiger partial charge in [-0.2, -0.15) is 0 Å². The first-order chi connectivity index (χ1) is 12.1. The van der Waals surface area contributed by atoms with Gasteiger partial charge in [0.2, 0.25) is 5.91 Å². The molecule has 5 heteroatoms. The molecule has 25 heavy (non-hydrogen) atoms. The van der Waals surface area contributed by atoms with E-state index in [4.69, 9.17) is 4.74 Å². The van der Waals surface area contributed by atoms with Crippen LogP contribution in [0.2, 0.25) is 0 Å². The van der Waals surface area contributed by atoms with Crippen molar-refractivity contribution in [3.05, 3.63) is 71.8 Å². The monoisotopic (exact) mass is 338 g/mol. The second-order valence-corrected chi connectivity index (χ2v) is 6.22. The summed E-state index contributed by atoms with van der Waals surface area (Å²) < 4.78 is 5.37. The highest BCUT2D eigenvalue weighted by molar-refractivity contribution is 5.88. The van der Waals surface area contributed by atoms with Gasteiger partial charge in [-0.25, -0.2) is 4.79 Å². The van der Waals surface area contributed by atoms with E-state index < -0.39 is 12.1 Å². The first-order valence-electron chi connectivity index (χ1n) is 8.40. The molecule has 1 aliphatic rings. The van der Waals surface area contributed by atoms with Crippen LogP contribution in [0.1, 0.15) is 31.0 Å². The van der Waals surface area contributed by atoms with Crippen LogP contribution in [-0.2, 0) is 16.1 Å². The predicted molar refractivity (Wildman–Crippen MR) is 94.5 cm³/mol. The van der Waals surface area contributed by atoms with Crippen molar-refractivity contribution in [1.29, 1.82) is 0 Å². The third-order valence-corrected chi connectivity index (χ3v) is 4.60. The number of hydrogen-bond acceptors (Lipinski definition) is 3. The van der Waals surface area contributed by atoms with Crippen LogP contribution in [0.3, 0.4) is 0 Å². The Kier molecular flexibility index (Phi) is 5.03. The summed E-state index contributed by atoms with van der Waals surface area (Å²) >= 11 is 0. The zero-order valence-corrected chi connectivity index (χ0v) is 14.5. The van der Waals surface area contributed by atoms with Gasteiger partial charge in [0.15, 0.2) is 0 Å². The Morgan fingerprint density at radius 2 is 1.72 bits per heavy atom. The summed E-state index contributed by atoms with van der Waals surface area (Å²) in [6, 6.07) is 18.7. The lowest BCUT2D eigenvalue weighted by Crippen LogP contribution is -2.36. The Morgan fingerprint density at radius 3 is 2.36 bits per heavy atom. The molecule has 2 aromatic rings. The topological polar surface area (TPSA) is 49.9 Å². The summed E-state index contributed by atoms with van der Waals surface area (Å²) in [5, 5.41) is 0. The number of carbonyl (C=O) groups excluding carboxylic acids is 2. The number of rotatable bonds is 4. The van der Waals surface area contributed by atoms with Crippen molar-refractivity contribution >= 4 is 12.0 Å². The molecule has 2 atom stereocenters. The van der Waals surface area contributed by atoms with Gasteiger partial charge in [-0.15, -0.1) is 0 Å². The third kappa shape index (κ3) is 3.65. The van der Waals surface area contributed by atoms with E-state index in [1.165, 1.54) is 4.90 Å². The number of nitrogens with zero attached hydrogens (tertiary/aromatic N) is 2. The van der Waals surface area contributed by atoms with Crippen LogP contribution in [0.15, 0.2) is 60.7 Å². The van der Waals surface area contributed by atoms with E-state index >= 15 is 0 Å². The molecule has 0 aromatic heterocycles. The first kappa shape index (κ1) is 17.0. The predicted octanol–water partition coefficient (Wildman–Crippen LogP) is 3.57. The molecular weight excluding hydrogens is 316 g/mol. The molecule has 3 rings (SSSR count). The van der Waals surface area contributed by atoms with Gasteiger partial charge in [0.05, 0.1) is 6.04 Å². The van der Waals surface area contributed by atoms with Gasteiger partial charge in [0.1, 0.15) is 19.3 Å². The lowest BCUT2D eigenvalue weighted by Gasteiger charge is -2.25. The number of hydrogen-bond donors (Lipinski definition) is 0. The van der Waals surface area contributed by atoms with Crippen molar-refractivity contribution in [3.63, 3.8) is 0 Å². The molecule has 5 nitrogen and oxygen atoms in total. The lowest BCUT2D eigenvalue weighted by atomic mass is 10.1. The van der Waals surface area contributed by atoms with Crippen LogP contribution in [0.5, 0.6) is 0 Å². The molecule has 1 aliphatic heterocycles. The Balaban J connectivity index is 1.65. The molecule has 0 bridgehead atoms. The molecule has 2 amide bonds. The fourth-order valence-electron chi connectivity index (χ4n) is 2.97. The lowest BCUT2D eigenvalue weighted by molar-refractivity contribution is -0.130. The van der Waals surface area contributed by atoms with Crippen LogP contribution >= 0.6 is 0 Å². The maximum absolute atomic E-state index is 12.6. The molecule has 0 unspecified atom stereocenters. The number of ether oxygens (including phenoxy) is 1. The zero-order valence-electron chi connectivity index (χ0n) is 14.5. The first-order valence-corrected chi connectivity index (χ1v) is 8.40. The quantitative estimate of drug-likeness (QED) is 0.856. The van der Waals surface area contributed by atoms with Crippen molar-refractivity contribution in [3.8, 4) is 0 Å². The standard InChI is InChI=1S/C20H22N2O3/c1-15(18-11-7-4-8-12-18)21-14-22(16(2)19(21)23)20(24)25-13-17-9-5-3-6-10-17/h3-12,15-16H,13-14H2,1-2H3/t15-,16-/m0/s1. The molecule has 0 radical (unpaired) electrons. The van der Waals surface area contributed by atoms with Gasteiger partial charge in [-0.1, -0.05) is 60.7 Å². The van der Waals surface area contributed by atoms with Gasteiger partial charge in [0.25, 0.3) is 0 Å². The van der Waals surface area contributed by atoms with E-state index in [1.807, 2.05) is 67.6 Å². The molecule has 1 saturated heterocycles. The highest BCUT2D eigenvalue weighted by atomic mass is 16.6. The highest BCUT2D eigenvalue weighted by Gasteiger charge is 2.41. The van der Waals surface area contributed by atoms with Crippen LogP contribution in [0, 0.1) is 0 Å². The largest absolute Gasteiger partial charge is 0.444 e. The van der Waals surface area contributed by atoms with Crippen LogP contribution in [-0.4, -0.2) is 34.5 Å². The fraction of sp³-hybridized carbons (Fsp3) is 0.300. The number of carbonyl (C=O) groups is 2. The van der Waals surface area contributed by atoms with E-state index in [-0.39, 0.29) is 25.2 Å². The van der Waals surface area contributed by atoms with Gasteiger partial charge < -0.3 is 9.64 Å². The van der Waals surface area contributed by atoms with Gasteiger partial charge >= 0.3 is 6.09 Å². The third-order valence-electron chi connectivity index (χ3n) is 4.60. The van der Waals surface area contributed by atoms with Crippen LogP contribution < -0.4 is 0 Å². The summed E-state index contributed by atoms with van der Waals surface area (Å²) in [7, 11) is 0. The summed E-state index contributed by atoms with van der Waals surface area (Å²) in [6.45, 7) is 4.15. The summed E-state index contributed by atoms with van der Waals surface area (Å²) in [4.78, 5) is 28.2. The second-order valence-electron chi connectivity index (χ2n) is 6.22. The van der Waals surface area contributed by atoms with E-state index in [0.717, 1.165) is 11.1 Å². The van der Waals surface area contributed by atoms with Gasteiger partial charge in [-0.05, 0) is 25.0 Å². The minimum absolute atomic E-state index is 0.0620. The number of amides is 2. The van der Waals surface area contributed by atoms with Crippen molar-refractivity contribution in [2.75, 3.05) is 6.67 Å². The molecule has 0 aliphatic carbocycles. The van der Waals surface area contributed by atoms with Crippen LogP contribution in [0.25, 0.3) is 0 Å². The SMILES string of the molecule is C[C@H]1C(=O)N([C@@H](C)c2ccccc2)CN1C(=O)OCc1ccccc1. The normalized spacial score (nSPS) is 18.3. The van der Waals surface area contributed by atoms with Gasteiger partial charge in [0, 0.05) is 0 Å². The molecule has 0 spiro atoms. The summed E-state index contributed by atoms with van der Waals surface area (Å²) in [5.74, 6) is -0.0620. The maximum Gasteiger partial charge on any atom is 0.412 e. The summed E-state index contributed by atoms with van der Waals surface area (Å²) in [5.41, 5.74) is 1.96. The average molecular weight is 338 g/mol. The smallest absolute Gasteiger partial charge is 0.412 e. The molecule has 0 N–H and O–H groups in total. The van der Waals surface area contributed by atoms with Crippen LogP contribution in [0.4, 0.5) is 4.79 Å². The molecule has 1 fully saturated rings. The zero-order chi connectivity index (χ0) is 17.8. The Morgan fingerprint density at radius 1 is 1.12 bits per heavy atom. The van der Waals surface area contributed by atoms with E-state index in [9.17, 15) is 9.59 Å². The Hall–Kier alpha value is -2.82. The maximum atomic E-state index is 12.6. The number of benzene rings is 2. The van der Waals surface area contributed by atoms with E-state index in [0.29, 0.717) is 0 Å². The molecule has 2 aromatic carbocycles. The molecular formula is C20H22N2O3.